The summed E-state index contributed by atoms with van der Waals surface area (Å²) in [5, 5.41) is 8.79. The van der Waals surface area contributed by atoms with Gasteiger partial charge in [-0.15, -0.1) is 0 Å². The molecule has 0 fully saturated rings. The summed E-state index contributed by atoms with van der Waals surface area (Å²) in [6.45, 7) is 3.54. The molecule has 0 aliphatic heterocycles. The Labute approximate surface area is 84.3 Å². The molecule has 0 radical (unpaired) electrons. The minimum Gasteiger partial charge on any atom is -0.481 e. The van der Waals surface area contributed by atoms with E-state index < -0.39 is 23.8 Å². The summed E-state index contributed by atoms with van der Waals surface area (Å²) in [6, 6.07) is 0. The average Bonchev–Trinajstić information content (AvgIpc) is 2.17. The second-order valence-electron chi connectivity index (χ2n) is 3.40. The lowest BCUT2D eigenvalue weighted by atomic mass is 9.89. The molecule has 2 atom stereocenters. The van der Waals surface area contributed by atoms with E-state index in [1.807, 2.05) is 6.92 Å². The highest BCUT2D eigenvalue weighted by Gasteiger charge is 2.30. The zero-order chi connectivity index (χ0) is 11.1. The SMILES string of the molecule is CCCCC(C(=O)OC)C(C)C(=O)O. The van der Waals surface area contributed by atoms with Gasteiger partial charge in [0.15, 0.2) is 0 Å². The number of carbonyl (C=O) groups excluding carboxylic acids is 1. The number of ether oxygens (including phenoxy) is 1. The van der Waals surface area contributed by atoms with Crippen molar-refractivity contribution in [2.24, 2.45) is 11.8 Å². The van der Waals surface area contributed by atoms with Crippen LogP contribution in [0.15, 0.2) is 0 Å². The standard InChI is InChI=1S/C10H18O4/c1-4-5-6-8(10(13)14-3)7(2)9(11)12/h7-8H,4-6H2,1-3H3,(H,11,12). The van der Waals surface area contributed by atoms with Crippen LogP contribution in [0.1, 0.15) is 33.1 Å². The van der Waals surface area contributed by atoms with Crippen LogP contribution in [0.2, 0.25) is 0 Å². The predicted molar refractivity (Wildman–Crippen MR) is 51.8 cm³/mol. The fourth-order valence-corrected chi connectivity index (χ4v) is 1.32. The van der Waals surface area contributed by atoms with Gasteiger partial charge in [-0.3, -0.25) is 9.59 Å². The first-order valence-corrected chi connectivity index (χ1v) is 4.85. The molecule has 0 spiro atoms. The van der Waals surface area contributed by atoms with Crippen molar-refractivity contribution >= 4 is 11.9 Å². The molecule has 0 aromatic rings. The number of methoxy groups -OCH3 is 1. The number of hydrogen-bond donors (Lipinski definition) is 1. The molecular weight excluding hydrogens is 184 g/mol. The zero-order valence-electron chi connectivity index (χ0n) is 8.95. The lowest BCUT2D eigenvalue weighted by Gasteiger charge is -2.17. The lowest BCUT2D eigenvalue weighted by molar-refractivity contribution is -0.155. The van der Waals surface area contributed by atoms with Crippen molar-refractivity contribution in [3.8, 4) is 0 Å². The largest absolute Gasteiger partial charge is 0.481 e. The van der Waals surface area contributed by atoms with Crippen molar-refractivity contribution in [3.05, 3.63) is 0 Å². The third-order valence-electron chi connectivity index (χ3n) is 2.37. The summed E-state index contributed by atoms with van der Waals surface area (Å²) < 4.78 is 4.58. The number of esters is 1. The second-order valence-corrected chi connectivity index (χ2v) is 3.40. The topological polar surface area (TPSA) is 63.6 Å². The average molecular weight is 202 g/mol. The van der Waals surface area contributed by atoms with Crippen LogP contribution in [0.4, 0.5) is 0 Å². The number of carbonyl (C=O) groups is 2. The molecule has 4 heteroatoms. The molecular formula is C10H18O4. The van der Waals surface area contributed by atoms with Gasteiger partial charge in [-0.1, -0.05) is 26.7 Å². The molecule has 0 saturated carbocycles. The van der Waals surface area contributed by atoms with E-state index in [1.165, 1.54) is 7.11 Å². The third kappa shape index (κ3) is 3.77. The highest BCUT2D eigenvalue weighted by Crippen LogP contribution is 2.20. The van der Waals surface area contributed by atoms with E-state index in [1.54, 1.807) is 6.92 Å². The molecule has 1 N–H and O–H groups in total. The molecule has 82 valence electrons. The van der Waals surface area contributed by atoms with Crippen LogP contribution >= 0.6 is 0 Å². The van der Waals surface area contributed by atoms with Crippen LogP contribution in [0.25, 0.3) is 0 Å². The molecule has 4 nitrogen and oxygen atoms in total. The van der Waals surface area contributed by atoms with E-state index in [0.717, 1.165) is 12.8 Å². The molecule has 0 amide bonds. The number of carboxylic acid groups (broad SMARTS) is 1. The number of aliphatic carboxylic acids is 1. The summed E-state index contributed by atoms with van der Waals surface area (Å²) in [5.74, 6) is -2.56. The number of unbranched alkanes of at least 4 members (excludes halogenated alkanes) is 1. The van der Waals surface area contributed by atoms with Gasteiger partial charge in [-0.2, -0.15) is 0 Å². The third-order valence-corrected chi connectivity index (χ3v) is 2.37. The summed E-state index contributed by atoms with van der Waals surface area (Å²) in [4.78, 5) is 22.0. The Balaban J connectivity index is 4.37. The fraction of sp³-hybridized carbons (Fsp3) is 0.800. The maximum Gasteiger partial charge on any atom is 0.309 e. The normalized spacial score (nSPS) is 14.5. The van der Waals surface area contributed by atoms with E-state index in [4.69, 9.17) is 5.11 Å². The smallest absolute Gasteiger partial charge is 0.309 e. The number of rotatable bonds is 6. The predicted octanol–water partition coefficient (Wildman–Crippen LogP) is 1.69. The minimum absolute atomic E-state index is 0.423. The quantitative estimate of drug-likeness (QED) is 0.666. The molecule has 0 saturated heterocycles. The summed E-state index contributed by atoms with van der Waals surface area (Å²) >= 11 is 0. The Kier molecular flexibility index (Phi) is 5.92. The molecule has 0 bridgehead atoms. The molecule has 0 aromatic carbocycles. The molecule has 0 aromatic heterocycles. The van der Waals surface area contributed by atoms with E-state index >= 15 is 0 Å². The van der Waals surface area contributed by atoms with Gasteiger partial charge in [0.1, 0.15) is 0 Å². The van der Waals surface area contributed by atoms with E-state index in [2.05, 4.69) is 4.74 Å². The van der Waals surface area contributed by atoms with Crippen LogP contribution in [-0.4, -0.2) is 24.2 Å². The summed E-state index contributed by atoms with van der Waals surface area (Å²) in [7, 11) is 1.29. The zero-order valence-corrected chi connectivity index (χ0v) is 8.95. The van der Waals surface area contributed by atoms with Crippen LogP contribution < -0.4 is 0 Å². The first-order valence-electron chi connectivity index (χ1n) is 4.85. The van der Waals surface area contributed by atoms with Crippen molar-refractivity contribution in [2.75, 3.05) is 7.11 Å². The lowest BCUT2D eigenvalue weighted by Crippen LogP contribution is -2.28. The highest BCUT2D eigenvalue weighted by molar-refractivity contribution is 5.80. The van der Waals surface area contributed by atoms with Crippen LogP contribution in [-0.2, 0) is 14.3 Å². The van der Waals surface area contributed by atoms with Crippen molar-refractivity contribution in [1.29, 1.82) is 0 Å². The van der Waals surface area contributed by atoms with Gasteiger partial charge in [-0.25, -0.2) is 0 Å². The molecule has 14 heavy (non-hydrogen) atoms. The molecule has 0 rings (SSSR count). The molecule has 0 aliphatic rings. The van der Waals surface area contributed by atoms with E-state index in [-0.39, 0.29) is 0 Å². The molecule has 2 unspecified atom stereocenters. The van der Waals surface area contributed by atoms with Gasteiger partial charge in [0.2, 0.25) is 0 Å². The van der Waals surface area contributed by atoms with Crippen LogP contribution in [0.3, 0.4) is 0 Å². The number of carboxylic acids is 1. The van der Waals surface area contributed by atoms with Gasteiger partial charge in [0, 0.05) is 0 Å². The van der Waals surface area contributed by atoms with Crippen LogP contribution in [0, 0.1) is 11.8 Å². The number of hydrogen-bond acceptors (Lipinski definition) is 3. The molecule has 0 aliphatic carbocycles. The Bertz CT molecular complexity index is 200. The Morgan fingerprint density at radius 1 is 1.43 bits per heavy atom. The Morgan fingerprint density at radius 2 is 2.00 bits per heavy atom. The van der Waals surface area contributed by atoms with E-state index in [9.17, 15) is 9.59 Å². The summed E-state index contributed by atoms with van der Waals surface area (Å²) in [6.07, 6.45) is 2.37. The van der Waals surface area contributed by atoms with Crippen molar-refractivity contribution in [3.63, 3.8) is 0 Å². The first-order chi connectivity index (χ1) is 6.54. The fourth-order valence-electron chi connectivity index (χ4n) is 1.32. The van der Waals surface area contributed by atoms with Crippen molar-refractivity contribution in [1.82, 2.24) is 0 Å². The summed E-state index contributed by atoms with van der Waals surface area (Å²) in [5.41, 5.74) is 0. The van der Waals surface area contributed by atoms with Crippen molar-refractivity contribution < 1.29 is 19.4 Å². The second kappa shape index (κ2) is 6.40. The van der Waals surface area contributed by atoms with Gasteiger partial charge in [0.25, 0.3) is 0 Å². The van der Waals surface area contributed by atoms with Gasteiger partial charge in [0.05, 0.1) is 18.9 Å². The maximum atomic E-state index is 11.3. The highest BCUT2D eigenvalue weighted by atomic mass is 16.5. The van der Waals surface area contributed by atoms with Crippen molar-refractivity contribution in [2.45, 2.75) is 33.1 Å². The Hall–Kier alpha value is -1.06. The minimum atomic E-state index is -0.948. The van der Waals surface area contributed by atoms with Gasteiger partial charge >= 0.3 is 11.9 Å². The monoisotopic (exact) mass is 202 g/mol. The Morgan fingerprint density at radius 3 is 2.36 bits per heavy atom. The van der Waals surface area contributed by atoms with Crippen LogP contribution in [0.5, 0.6) is 0 Å². The molecule has 0 heterocycles. The first kappa shape index (κ1) is 12.9. The van der Waals surface area contributed by atoms with Gasteiger partial charge < -0.3 is 9.84 Å². The van der Waals surface area contributed by atoms with E-state index in [0.29, 0.717) is 6.42 Å². The van der Waals surface area contributed by atoms with Gasteiger partial charge in [-0.05, 0) is 6.42 Å². The maximum absolute atomic E-state index is 11.3.